The number of hydrogen-bond acceptors (Lipinski definition) is 5. The van der Waals surface area contributed by atoms with E-state index in [1.807, 2.05) is 24.3 Å². The number of methoxy groups -OCH3 is 1. The molecule has 3 aromatic rings. The molecule has 122 valence electrons. The van der Waals surface area contributed by atoms with Crippen LogP contribution in [0.2, 0.25) is 0 Å². The Hall–Kier alpha value is -2.80. The highest BCUT2D eigenvalue weighted by atomic mass is 32.1. The Balaban J connectivity index is 1.71. The Morgan fingerprint density at radius 3 is 2.54 bits per heavy atom. The Morgan fingerprint density at radius 2 is 1.88 bits per heavy atom. The molecule has 0 radical (unpaired) electrons. The molecule has 5 nitrogen and oxygen atoms in total. The first kappa shape index (κ1) is 16.1. The molecule has 0 aliphatic rings. The minimum atomic E-state index is -0.340. The maximum Gasteiger partial charge on any atom is 0.265 e. The Kier molecular flexibility index (Phi) is 4.81. The first-order chi connectivity index (χ1) is 11.7. The number of amides is 1. The number of carbonyl (C=O) groups excluding carboxylic acids is 1. The summed E-state index contributed by atoms with van der Waals surface area (Å²) in [7, 11) is 1.60. The van der Waals surface area contributed by atoms with Crippen LogP contribution in [-0.2, 0) is 6.54 Å². The minimum Gasteiger partial charge on any atom is -0.497 e. The van der Waals surface area contributed by atoms with Crippen molar-refractivity contribution in [3.05, 3.63) is 64.8 Å². The van der Waals surface area contributed by atoms with E-state index >= 15 is 0 Å². The Morgan fingerprint density at radius 1 is 1.17 bits per heavy atom. The SMILES string of the molecule is COc1ccc(CNC(=O)c2snnc2-c2ccc(F)cc2)cc1. The summed E-state index contributed by atoms with van der Waals surface area (Å²) in [6, 6.07) is 13.2. The van der Waals surface area contributed by atoms with Gasteiger partial charge in [-0.15, -0.1) is 5.10 Å². The van der Waals surface area contributed by atoms with Crippen molar-refractivity contribution in [3.8, 4) is 17.0 Å². The summed E-state index contributed by atoms with van der Waals surface area (Å²) in [5.41, 5.74) is 2.05. The van der Waals surface area contributed by atoms with Crippen molar-refractivity contribution >= 4 is 17.4 Å². The van der Waals surface area contributed by atoms with Crippen LogP contribution in [0.25, 0.3) is 11.3 Å². The fourth-order valence-corrected chi connectivity index (χ4v) is 2.75. The van der Waals surface area contributed by atoms with Gasteiger partial charge in [-0.25, -0.2) is 4.39 Å². The lowest BCUT2D eigenvalue weighted by Gasteiger charge is -2.06. The molecule has 0 saturated heterocycles. The van der Waals surface area contributed by atoms with Crippen LogP contribution in [0.3, 0.4) is 0 Å². The second-order valence-corrected chi connectivity index (χ2v) is 5.74. The number of hydrogen-bond donors (Lipinski definition) is 1. The average molecular weight is 343 g/mol. The number of nitrogens with one attached hydrogen (secondary N) is 1. The van der Waals surface area contributed by atoms with E-state index < -0.39 is 0 Å². The van der Waals surface area contributed by atoms with Crippen LogP contribution < -0.4 is 10.1 Å². The van der Waals surface area contributed by atoms with Crippen molar-refractivity contribution in [1.29, 1.82) is 0 Å². The van der Waals surface area contributed by atoms with Crippen molar-refractivity contribution in [3.63, 3.8) is 0 Å². The van der Waals surface area contributed by atoms with Gasteiger partial charge < -0.3 is 10.1 Å². The smallest absolute Gasteiger partial charge is 0.265 e. The van der Waals surface area contributed by atoms with Gasteiger partial charge in [0.15, 0.2) is 0 Å². The maximum absolute atomic E-state index is 13.0. The van der Waals surface area contributed by atoms with E-state index in [2.05, 4.69) is 14.9 Å². The molecule has 7 heteroatoms. The van der Waals surface area contributed by atoms with Crippen LogP contribution in [0.5, 0.6) is 5.75 Å². The third-order valence-corrected chi connectivity index (χ3v) is 4.15. The van der Waals surface area contributed by atoms with E-state index in [0.29, 0.717) is 22.7 Å². The van der Waals surface area contributed by atoms with Gasteiger partial charge in [0.05, 0.1) is 7.11 Å². The van der Waals surface area contributed by atoms with Gasteiger partial charge in [-0.2, -0.15) is 0 Å². The molecule has 0 atom stereocenters. The van der Waals surface area contributed by atoms with E-state index in [1.165, 1.54) is 12.1 Å². The molecule has 1 aromatic heterocycles. The molecular formula is C17H14FN3O2S. The molecule has 2 aromatic carbocycles. The quantitative estimate of drug-likeness (QED) is 0.772. The molecule has 0 unspecified atom stereocenters. The Bertz CT molecular complexity index is 832. The van der Waals surface area contributed by atoms with Crippen LogP contribution >= 0.6 is 11.5 Å². The van der Waals surface area contributed by atoms with E-state index in [4.69, 9.17) is 4.74 Å². The largest absolute Gasteiger partial charge is 0.497 e. The molecule has 1 amide bonds. The summed E-state index contributed by atoms with van der Waals surface area (Å²) in [5, 5.41) is 6.82. The van der Waals surface area contributed by atoms with Gasteiger partial charge >= 0.3 is 0 Å². The predicted molar refractivity (Wildman–Crippen MR) is 89.5 cm³/mol. The zero-order chi connectivity index (χ0) is 16.9. The zero-order valence-corrected chi connectivity index (χ0v) is 13.6. The standard InChI is InChI=1S/C17H14FN3O2S/c1-23-14-8-2-11(3-9-14)10-19-17(22)16-15(20-21-24-16)12-4-6-13(18)7-5-12/h2-9H,10H2,1H3,(H,19,22). The number of benzene rings is 2. The van der Waals surface area contributed by atoms with E-state index in [9.17, 15) is 9.18 Å². The Labute approximate surface area is 142 Å². The van der Waals surface area contributed by atoms with E-state index in [0.717, 1.165) is 22.8 Å². The van der Waals surface area contributed by atoms with Gasteiger partial charge in [0.25, 0.3) is 5.91 Å². The van der Waals surface area contributed by atoms with Gasteiger partial charge in [-0.1, -0.05) is 16.6 Å². The molecule has 0 spiro atoms. The van der Waals surface area contributed by atoms with E-state index in [1.54, 1.807) is 19.2 Å². The van der Waals surface area contributed by atoms with Gasteiger partial charge in [-0.05, 0) is 53.5 Å². The molecule has 0 saturated carbocycles. The molecule has 24 heavy (non-hydrogen) atoms. The maximum atomic E-state index is 13.0. The first-order valence-corrected chi connectivity index (χ1v) is 7.94. The number of nitrogens with zero attached hydrogens (tertiary/aromatic N) is 2. The number of carbonyl (C=O) groups is 1. The van der Waals surface area contributed by atoms with Gasteiger partial charge in [0, 0.05) is 12.1 Å². The topological polar surface area (TPSA) is 64.1 Å². The predicted octanol–water partition coefficient (Wildman–Crippen LogP) is 3.28. The van der Waals surface area contributed by atoms with Crippen LogP contribution in [0, 0.1) is 5.82 Å². The summed E-state index contributed by atoms with van der Waals surface area (Å²) in [6.45, 7) is 0.379. The lowest BCUT2D eigenvalue weighted by atomic mass is 10.1. The van der Waals surface area contributed by atoms with Crippen molar-refractivity contribution in [1.82, 2.24) is 14.9 Å². The highest BCUT2D eigenvalue weighted by molar-refractivity contribution is 7.08. The fourth-order valence-electron chi connectivity index (χ4n) is 2.14. The monoisotopic (exact) mass is 343 g/mol. The van der Waals surface area contributed by atoms with Crippen molar-refractivity contribution in [2.45, 2.75) is 6.54 Å². The molecule has 0 bridgehead atoms. The number of rotatable bonds is 5. The summed E-state index contributed by atoms with van der Waals surface area (Å²) in [6.07, 6.45) is 0. The van der Waals surface area contributed by atoms with E-state index in [-0.39, 0.29) is 11.7 Å². The molecule has 0 aliphatic carbocycles. The second kappa shape index (κ2) is 7.18. The minimum absolute atomic E-state index is 0.264. The van der Waals surface area contributed by atoms with Crippen molar-refractivity contribution in [2.24, 2.45) is 0 Å². The van der Waals surface area contributed by atoms with Crippen LogP contribution in [0.15, 0.2) is 48.5 Å². The van der Waals surface area contributed by atoms with Crippen LogP contribution in [-0.4, -0.2) is 22.6 Å². The average Bonchev–Trinajstić information content (AvgIpc) is 3.10. The lowest BCUT2D eigenvalue weighted by molar-refractivity contribution is 0.0955. The normalized spacial score (nSPS) is 10.4. The van der Waals surface area contributed by atoms with Crippen molar-refractivity contribution < 1.29 is 13.9 Å². The van der Waals surface area contributed by atoms with Gasteiger partial charge in [0.1, 0.15) is 22.1 Å². The number of ether oxygens (including phenoxy) is 1. The number of aromatic nitrogens is 2. The molecular weight excluding hydrogens is 329 g/mol. The summed E-state index contributed by atoms with van der Waals surface area (Å²) in [4.78, 5) is 12.8. The molecule has 0 aliphatic heterocycles. The molecule has 3 rings (SSSR count). The molecule has 1 N–H and O–H groups in total. The van der Waals surface area contributed by atoms with Gasteiger partial charge in [-0.3, -0.25) is 4.79 Å². The summed E-state index contributed by atoms with van der Waals surface area (Å²) < 4.78 is 22.0. The third-order valence-electron chi connectivity index (χ3n) is 3.42. The highest BCUT2D eigenvalue weighted by Gasteiger charge is 2.17. The first-order valence-electron chi connectivity index (χ1n) is 7.17. The van der Waals surface area contributed by atoms with Gasteiger partial charge in [0.2, 0.25) is 0 Å². The zero-order valence-electron chi connectivity index (χ0n) is 12.8. The molecule has 0 fully saturated rings. The van der Waals surface area contributed by atoms with Crippen LogP contribution in [0.1, 0.15) is 15.2 Å². The highest BCUT2D eigenvalue weighted by Crippen LogP contribution is 2.24. The fraction of sp³-hybridized carbons (Fsp3) is 0.118. The number of halogens is 1. The molecule has 1 heterocycles. The second-order valence-electron chi connectivity index (χ2n) is 4.99. The summed E-state index contributed by atoms with van der Waals surface area (Å²) >= 11 is 1.01. The lowest BCUT2D eigenvalue weighted by Crippen LogP contribution is -2.22. The van der Waals surface area contributed by atoms with Crippen LogP contribution in [0.4, 0.5) is 4.39 Å². The third kappa shape index (κ3) is 3.57. The van der Waals surface area contributed by atoms with Crippen molar-refractivity contribution in [2.75, 3.05) is 7.11 Å². The summed E-state index contributed by atoms with van der Waals surface area (Å²) in [5.74, 6) is 0.155.